The van der Waals surface area contributed by atoms with Gasteiger partial charge in [0.2, 0.25) is 11.0 Å². The van der Waals surface area contributed by atoms with E-state index in [0.717, 1.165) is 8.64 Å². The van der Waals surface area contributed by atoms with E-state index in [1.165, 1.54) is 47.4 Å². The minimum Gasteiger partial charge on any atom is -0.494 e. The number of hydrogen-bond acceptors (Lipinski definition) is 8. The first-order valence-corrected chi connectivity index (χ1v) is 13.5. The van der Waals surface area contributed by atoms with Crippen molar-refractivity contribution < 1.29 is 17.9 Å². The van der Waals surface area contributed by atoms with E-state index >= 15 is 0 Å². The molecule has 0 aliphatic heterocycles. The number of aromatic nitrogens is 2. The van der Waals surface area contributed by atoms with Crippen molar-refractivity contribution in [1.82, 2.24) is 10.2 Å². The van der Waals surface area contributed by atoms with Crippen molar-refractivity contribution in [2.75, 3.05) is 22.8 Å². The summed E-state index contributed by atoms with van der Waals surface area (Å²) >= 11 is 8.68. The van der Waals surface area contributed by atoms with Crippen LogP contribution < -0.4 is 14.4 Å². The first-order valence-electron chi connectivity index (χ1n) is 10.00. The molecular formula is C21H23ClN4O4S3. The highest BCUT2D eigenvalue weighted by Crippen LogP contribution is 2.29. The van der Waals surface area contributed by atoms with Crippen molar-refractivity contribution in [2.45, 2.75) is 35.3 Å². The fourth-order valence-electron chi connectivity index (χ4n) is 2.72. The number of nitrogens with one attached hydrogen (secondary N) is 1. The number of ether oxygens (including phenoxy) is 1. The lowest BCUT2D eigenvalue weighted by molar-refractivity contribution is -0.114. The van der Waals surface area contributed by atoms with Crippen molar-refractivity contribution >= 4 is 61.4 Å². The molecule has 0 fully saturated rings. The van der Waals surface area contributed by atoms with E-state index < -0.39 is 22.5 Å². The summed E-state index contributed by atoms with van der Waals surface area (Å²) < 4.78 is 34.0. The molecule has 0 bridgehead atoms. The monoisotopic (exact) mass is 526 g/mol. The van der Waals surface area contributed by atoms with Gasteiger partial charge in [-0.3, -0.25) is 14.4 Å². The van der Waals surface area contributed by atoms with Crippen LogP contribution in [0, 0.1) is 0 Å². The summed E-state index contributed by atoms with van der Waals surface area (Å²) in [4.78, 5) is 12.8. The van der Waals surface area contributed by atoms with Crippen molar-refractivity contribution in [1.29, 1.82) is 0 Å². The number of halogens is 1. The number of anilines is 2. The maximum atomic E-state index is 13.4. The van der Waals surface area contributed by atoms with Gasteiger partial charge >= 0.3 is 0 Å². The zero-order valence-electron chi connectivity index (χ0n) is 18.2. The van der Waals surface area contributed by atoms with E-state index in [9.17, 15) is 13.2 Å². The van der Waals surface area contributed by atoms with Gasteiger partial charge in [-0.2, -0.15) is 0 Å². The number of carbonyl (C=O) groups excluding carboxylic acids is 1. The fourth-order valence-corrected chi connectivity index (χ4v) is 6.26. The molecule has 0 unspecified atom stereocenters. The summed E-state index contributed by atoms with van der Waals surface area (Å²) in [5, 5.41) is 11.7. The lowest BCUT2D eigenvalue weighted by Gasteiger charge is -2.24. The number of nitrogens with zero attached hydrogens (tertiary/aromatic N) is 3. The van der Waals surface area contributed by atoms with E-state index in [1.807, 2.05) is 20.8 Å². The third kappa shape index (κ3) is 6.83. The molecule has 3 aromatic rings. The molecule has 1 N–H and O–H groups in total. The molecular weight excluding hydrogens is 504 g/mol. The Bertz CT molecular complexity index is 1180. The van der Waals surface area contributed by atoms with Crippen LogP contribution in [0.2, 0.25) is 5.02 Å². The fraction of sp³-hybridized carbons (Fsp3) is 0.286. The molecule has 2 aromatic carbocycles. The number of hydrogen-bond donors (Lipinski definition) is 1. The Hall–Kier alpha value is -2.34. The molecule has 1 aromatic heterocycles. The second kappa shape index (κ2) is 11.2. The number of carbonyl (C=O) groups is 1. The average molecular weight is 527 g/mol. The molecule has 0 saturated heterocycles. The van der Waals surface area contributed by atoms with Crippen molar-refractivity contribution in [2.24, 2.45) is 0 Å². The zero-order chi connectivity index (χ0) is 24.0. The maximum Gasteiger partial charge on any atom is 0.264 e. The topological polar surface area (TPSA) is 101 Å². The molecule has 12 heteroatoms. The van der Waals surface area contributed by atoms with Crippen LogP contribution in [-0.4, -0.2) is 42.9 Å². The number of amides is 1. The Labute approximate surface area is 206 Å². The first kappa shape index (κ1) is 25.3. The highest BCUT2D eigenvalue weighted by atomic mass is 35.5. The van der Waals surface area contributed by atoms with Gasteiger partial charge in [0.05, 0.1) is 17.2 Å². The lowest BCUT2D eigenvalue weighted by atomic mass is 10.3. The van der Waals surface area contributed by atoms with Gasteiger partial charge in [-0.1, -0.05) is 48.5 Å². The molecule has 0 spiro atoms. The van der Waals surface area contributed by atoms with Crippen LogP contribution in [0.15, 0.2) is 57.8 Å². The van der Waals surface area contributed by atoms with Gasteiger partial charge in [-0.25, -0.2) is 8.42 Å². The van der Waals surface area contributed by atoms with Gasteiger partial charge in [0.1, 0.15) is 12.3 Å². The van der Waals surface area contributed by atoms with Gasteiger partial charge in [-0.05, 0) is 55.5 Å². The van der Waals surface area contributed by atoms with Crippen LogP contribution >= 0.6 is 34.7 Å². The molecule has 33 heavy (non-hydrogen) atoms. The van der Waals surface area contributed by atoms with E-state index in [2.05, 4.69) is 15.5 Å². The van der Waals surface area contributed by atoms with E-state index in [4.69, 9.17) is 16.3 Å². The predicted octanol–water partition coefficient (Wildman–Crippen LogP) is 4.92. The second-order valence-corrected chi connectivity index (χ2v) is 12.1. The Morgan fingerprint density at radius 3 is 2.42 bits per heavy atom. The quantitative estimate of drug-likeness (QED) is 0.295. The summed E-state index contributed by atoms with van der Waals surface area (Å²) in [6, 6.07) is 12.3. The van der Waals surface area contributed by atoms with Gasteiger partial charge in [0, 0.05) is 10.3 Å². The van der Waals surface area contributed by atoms with Crippen LogP contribution in [0.25, 0.3) is 0 Å². The molecule has 0 aliphatic carbocycles. The van der Waals surface area contributed by atoms with Crippen molar-refractivity contribution in [3.8, 4) is 5.75 Å². The first-order chi connectivity index (χ1) is 15.7. The Kier molecular flexibility index (Phi) is 8.57. The lowest BCUT2D eigenvalue weighted by Crippen LogP contribution is -2.38. The molecule has 0 aliphatic rings. The highest BCUT2D eigenvalue weighted by molar-refractivity contribution is 8.01. The van der Waals surface area contributed by atoms with Crippen LogP contribution in [0.1, 0.15) is 20.8 Å². The smallest absolute Gasteiger partial charge is 0.264 e. The molecule has 1 heterocycles. The molecule has 0 atom stereocenters. The zero-order valence-corrected chi connectivity index (χ0v) is 21.4. The van der Waals surface area contributed by atoms with Crippen molar-refractivity contribution in [3.63, 3.8) is 0 Å². The third-order valence-electron chi connectivity index (χ3n) is 4.11. The minimum atomic E-state index is -4.06. The Morgan fingerprint density at radius 1 is 1.15 bits per heavy atom. The molecule has 176 valence electrons. The summed E-state index contributed by atoms with van der Waals surface area (Å²) in [5.41, 5.74) is 0.317. The second-order valence-electron chi connectivity index (χ2n) is 6.98. The number of sulfonamides is 1. The molecule has 3 rings (SSSR count). The highest BCUT2D eigenvalue weighted by Gasteiger charge is 2.27. The average Bonchev–Trinajstić information content (AvgIpc) is 3.19. The summed E-state index contributed by atoms with van der Waals surface area (Å²) in [7, 11) is -4.06. The standard InChI is InChI=1S/C21H23ClN4O4S3/c1-4-30-17-9-7-16(8-10-17)26(33(28,29)18-11-5-15(22)6-12-18)13-19(27)23-20-24-25-21(32-20)31-14(2)3/h5-12,14H,4,13H2,1-3H3,(H,23,24,27). The maximum absolute atomic E-state index is 13.4. The van der Waals surface area contributed by atoms with Crippen LogP contribution in [0.5, 0.6) is 5.75 Å². The number of thioether (sulfide) groups is 1. The van der Waals surface area contributed by atoms with Crippen molar-refractivity contribution in [3.05, 3.63) is 53.6 Å². The third-order valence-corrected chi connectivity index (χ3v) is 8.08. The van der Waals surface area contributed by atoms with E-state index in [-0.39, 0.29) is 4.90 Å². The van der Waals surface area contributed by atoms with Crippen LogP contribution in [0.3, 0.4) is 0 Å². The van der Waals surface area contributed by atoms with Crippen LogP contribution in [0.4, 0.5) is 10.8 Å². The van der Waals surface area contributed by atoms with Gasteiger partial charge in [0.25, 0.3) is 10.0 Å². The SMILES string of the molecule is CCOc1ccc(N(CC(=O)Nc2nnc(SC(C)C)s2)S(=O)(=O)c2ccc(Cl)cc2)cc1. The molecule has 8 nitrogen and oxygen atoms in total. The largest absolute Gasteiger partial charge is 0.494 e. The van der Waals surface area contributed by atoms with Gasteiger partial charge < -0.3 is 4.74 Å². The molecule has 0 saturated carbocycles. The van der Waals surface area contributed by atoms with Crippen LogP contribution in [-0.2, 0) is 14.8 Å². The predicted molar refractivity (Wildman–Crippen MR) is 133 cm³/mol. The molecule has 1 amide bonds. The van der Waals surface area contributed by atoms with Gasteiger partial charge in [0.15, 0.2) is 4.34 Å². The minimum absolute atomic E-state index is 0.0140. The normalized spacial score (nSPS) is 11.4. The summed E-state index contributed by atoms with van der Waals surface area (Å²) in [5.74, 6) is 0.0530. The number of rotatable bonds is 10. The number of benzene rings is 2. The Morgan fingerprint density at radius 2 is 1.82 bits per heavy atom. The van der Waals surface area contributed by atoms with E-state index in [0.29, 0.717) is 33.4 Å². The van der Waals surface area contributed by atoms with Gasteiger partial charge in [-0.15, -0.1) is 10.2 Å². The molecule has 0 radical (unpaired) electrons. The Balaban J connectivity index is 1.87. The van der Waals surface area contributed by atoms with E-state index in [1.54, 1.807) is 24.3 Å². The summed E-state index contributed by atoms with van der Waals surface area (Å²) in [6.07, 6.45) is 0. The summed E-state index contributed by atoms with van der Waals surface area (Å²) in [6.45, 7) is 5.94.